The molecular weight excluding hydrogens is 398 g/mol. The molecule has 0 unspecified atom stereocenters. The van der Waals surface area contributed by atoms with Crippen LogP contribution in [0.15, 0.2) is 47.3 Å². The first-order valence-corrected chi connectivity index (χ1v) is 8.09. The summed E-state index contributed by atoms with van der Waals surface area (Å²) >= 11 is 9.20. The van der Waals surface area contributed by atoms with Crippen LogP contribution in [0.25, 0.3) is 0 Å². The standard InChI is InChI=1S/C15H13BrClN5O2/c1-21-8-13(16)14(20-21)15(23)19-11-6-18-22(7-11)9-24-12-4-2-3-10(17)5-12/h2-8H,9H2,1H3,(H,19,23). The van der Waals surface area contributed by atoms with E-state index in [1.807, 2.05) is 0 Å². The molecule has 0 saturated carbocycles. The van der Waals surface area contributed by atoms with Gasteiger partial charge in [0.2, 0.25) is 0 Å². The molecule has 7 nitrogen and oxygen atoms in total. The van der Waals surface area contributed by atoms with Gasteiger partial charge in [0.1, 0.15) is 5.75 Å². The van der Waals surface area contributed by atoms with Gasteiger partial charge >= 0.3 is 0 Å². The summed E-state index contributed by atoms with van der Waals surface area (Å²) in [7, 11) is 1.74. The lowest BCUT2D eigenvalue weighted by Gasteiger charge is -2.06. The molecule has 1 N–H and O–H groups in total. The van der Waals surface area contributed by atoms with Crippen molar-refractivity contribution in [3.8, 4) is 5.75 Å². The number of aryl methyl sites for hydroxylation is 1. The highest BCUT2D eigenvalue weighted by molar-refractivity contribution is 9.10. The summed E-state index contributed by atoms with van der Waals surface area (Å²) in [5.41, 5.74) is 0.854. The number of anilines is 1. The maximum absolute atomic E-state index is 12.2. The van der Waals surface area contributed by atoms with Gasteiger partial charge in [0.15, 0.2) is 12.4 Å². The Kier molecular flexibility index (Phi) is 4.86. The van der Waals surface area contributed by atoms with Crippen LogP contribution in [-0.4, -0.2) is 25.5 Å². The Hall–Kier alpha value is -2.32. The molecule has 0 bridgehead atoms. The largest absolute Gasteiger partial charge is 0.471 e. The van der Waals surface area contributed by atoms with E-state index in [9.17, 15) is 4.79 Å². The van der Waals surface area contributed by atoms with Gasteiger partial charge in [-0.15, -0.1) is 0 Å². The number of nitrogens with zero attached hydrogens (tertiary/aromatic N) is 4. The van der Waals surface area contributed by atoms with Gasteiger partial charge in [-0.2, -0.15) is 10.2 Å². The highest BCUT2D eigenvalue weighted by Crippen LogP contribution is 2.18. The quantitative estimate of drug-likeness (QED) is 0.700. The fourth-order valence-electron chi connectivity index (χ4n) is 2.00. The smallest absolute Gasteiger partial charge is 0.277 e. The number of nitrogens with one attached hydrogen (secondary N) is 1. The first-order chi connectivity index (χ1) is 11.5. The van der Waals surface area contributed by atoms with Gasteiger partial charge < -0.3 is 10.1 Å². The predicted molar refractivity (Wildman–Crippen MR) is 93.2 cm³/mol. The van der Waals surface area contributed by atoms with Crippen LogP contribution >= 0.6 is 27.5 Å². The first kappa shape index (κ1) is 16.5. The second-order valence-corrected chi connectivity index (χ2v) is 6.24. The zero-order valence-electron chi connectivity index (χ0n) is 12.6. The van der Waals surface area contributed by atoms with E-state index in [-0.39, 0.29) is 12.6 Å². The van der Waals surface area contributed by atoms with Gasteiger partial charge in [0.05, 0.1) is 22.6 Å². The Morgan fingerprint density at radius 3 is 2.96 bits per heavy atom. The summed E-state index contributed by atoms with van der Waals surface area (Å²) in [5, 5.41) is 11.6. The van der Waals surface area contributed by atoms with E-state index in [1.54, 1.807) is 53.1 Å². The van der Waals surface area contributed by atoms with Crippen molar-refractivity contribution in [2.75, 3.05) is 5.32 Å². The first-order valence-electron chi connectivity index (χ1n) is 6.92. The minimum absolute atomic E-state index is 0.198. The zero-order chi connectivity index (χ0) is 17.1. The highest BCUT2D eigenvalue weighted by atomic mass is 79.9. The van der Waals surface area contributed by atoms with Crippen LogP contribution in [0.3, 0.4) is 0 Å². The van der Waals surface area contributed by atoms with Crippen LogP contribution in [0.1, 0.15) is 10.5 Å². The van der Waals surface area contributed by atoms with Gasteiger partial charge in [-0.05, 0) is 34.1 Å². The van der Waals surface area contributed by atoms with E-state index in [4.69, 9.17) is 16.3 Å². The number of carbonyl (C=O) groups is 1. The zero-order valence-corrected chi connectivity index (χ0v) is 15.0. The molecule has 2 heterocycles. The van der Waals surface area contributed by atoms with Crippen LogP contribution < -0.4 is 10.1 Å². The molecule has 0 aliphatic carbocycles. The molecule has 0 saturated heterocycles. The molecule has 0 aliphatic rings. The molecule has 124 valence electrons. The molecule has 0 fully saturated rings. The number of hydrogen-bond acceptors (Lipinski definition) is 4. The van der Waals surface area contributed by atoms with Crippen LogP contribution in [0.2, 0.25) is 5.02 Å². The summed E-state index contributed by atoms with van der Waals surface area (Å²) in [6, 6.07) is 7.09. The number of halogens is 2. The van der Waals surface area contributed by atoms with Crippen molar-refractivity contribution in [1.82, 2.24) is 19.6 Å². The lowest BCUT2D eigenvalue weighted by Crippen LogP contribution is -2.13. The Balaban J connectivity index is 1.61. The molecule has 24 heavy (non-hydrogen) atoms. The molecule has 0 spiro atoms. The average Bonchev–Trinajstić information content (AvgIpc) is 3.11. The van der Waals surface area contributed by atoms with Crippen molar-refractivity contribution in [3.63, 3.8) is 0 Å². The molecule has 2 aromatic heterocycles. The number of benzene rings is 1. The van der Waals surface area contributed by atoms with Gasteiger partial charge in [-0.1, -0.05) is 17.7 Å². The van der Waals surface area contributed by atoms with Crippen molar-refractivity contribution < 1.29 is 9.53 Å². The number of carbonyl (C=O) groups excluding carboxylic acids is 1. The molecule has 0 aliphatic heterocycles. The average molecular weight is 411 g/mol. The summed E-state index contributed by atoms with van der Waals surface area (Å²) in [6.07, 6.45) is 4.91. The third-order valence-corrected chi connectivity index (χ3v) is 3.87. The molecule has 3 aromatic rings. The third kappa shape index (κ3) is 3.95. The molecule has 1 aromatic carbocycles. The molecule has 0 radical (unpaired) electrons. The minimum atomic E-state index is -0.321. The normalized spacial score (nSPS) is 10.6. The predicted octanol–water partition coefficient (Wildman–Crippen LogP) is 3.32. The fraction of sp³-hybridized carbons (Fsp3) is 0.133. The Bertz CT molecular complexity index is 876. The monoisotopic (exact) mass is 409 g/mol. The van der Waals surface area contributed by atoms with Crippen LogP contribution in [0, 0.1) is 0 Å². The summed E-state index contributed by atoms with van der Waals surface area (Å²) in [5.74, 6) is 0.318. The molecule has 9 heteroatoms. The van der Waals surface area contributed by atoms with Gasteiger partial charge in [-0.3, -0.25) is 9.48 Å². The molecule has 0 atom stereocenters. The van der Waals surface area contributed by atoms with Crippen LogP contribution in [-0.2, 0) is 13.8 Å². The van der Waals surface area contributed by atoms with Crippen molar-refractivity contribution in [1.29, 1.82) is 0 Å². The van der Waals surface area contributed by atoms with Crippen molar-refractivity contribution in [2.24, 2.45) is 7.05 Å². The van der Waals surface area contributed by atoms with Gasteiger partial charge in [-0.25, -0.2) is 4.68 Å². The Morgan fingerprint density at radius 1 is 1.42 bits per heavy atom. The maximum Gasteiger partial charge on any atom is 0.277 e. The van der Waals surface area contributed by atoms with E-state index in [2.05, 4.69) is 31.4 Å². The summed E-state index contributed by atoms with van der Waals surface area (Å²) < 4.78 is 9.32. The van der Waals surface area contributed by atoms with Crippen LogP contribution in [0.5, 0.6) is 5.75 Å². The number of rotatable bonds is 5. The van der Waals surface area contributed by atoms with Gasteiger partial charge in [0, 0.05) is 18.3 Å². The van der Waals surface area contributed by atoms with Crippen molar-refractivity contribution in [3.05, 3.63) is 58.0 Å². The van der Waals surface area contributed by atoms with E-state index < -0.39 is 0 Å². The molecule has 3 rings (SSSR count). The lowest BCUT2D eigenvalue weighted by atomic mass is 10.3. The van der Waals surface area contributed by atoms with Crippen LogP contribution in [0.4, 0.5) is 5.69 Å². The second kappa shape index (κ2) is 7.06. The highest BCUT2D eigenvalue weighted by Gasteiger charge is 2.15. The number of ether oxygens (including phenoxy) is 1. The summed E-state index contributed by atoms with van der Waals surface area (Å²) in [4.78, 5) is 12.2. The molecule has 1 amide bonds. The van der Waals surface area contributed by atoms with Gasteiger partial charge in [0.25, 0.3) is 5.91 Å². The van der Waals surface area contributed by atoms with E-state index >= 15 is 0 Å². The lowest BCUT2D eigenvalue weighted by molar-refractivity contribution is 0.102. The van der Waals surface area contributed by atoms with E-state index in [0.29, 0.717) is 26.6 Å². The summed E-state index contributed by atoms with van der Waals surface area (Å²) in [6.45, 7) is 0.198. The Labute approximate surface area is 151 Å². The van der Waals surface area contributed by atoms with Crippen molar-refractivity contribution >= 4 is 39.1 Å². The maximum atomic E-state index is 12.2. The molecular formula is C15H13BrClN5O2. The number of aromatic nitrogens is 4. The van der Waals surface area contributed by atoms with E-state index in [1.165, 1.54) is 6.20 Å². The number of hydrogen-bond donors (Lipinski definition) is 1. The van der Waals surface area contributed by atoms with E-state index in [0.717, 1.165) is 0 Å². The topological polar surface area (TPSA) is 74.0 Å². The fourth-order valence-corrected chi connectivity index (χ4v) is 2.74. The third-order valence-electron chi connectivity index (χ3n) is 3.05. The number of amides is 1. The van der Waals surface area contributed by atoms with Crippen molar-refractivity contribution in [2.45, 2.75) is 6.73 Å². The minimum Gasteiger partial charge on any atom is -0.471 e. The Morgan fingerprint density at radius 2 is 2.25 bits per heavy atom. The SMILES string of the molecule is Cn1cc(Br)c(C(=O)Nc2cnn(COc3cccc(Cl)c3)c2)n1. The second-order valence-electron chi connectivity index (χ2n) is 4.95.